The summed E-state index contributed by atoms with van der Waals surface area (Å²) in [6.45, 7) is 1.42. The van der Waals surface area contributed by atoms with Gasteiger partial charge in [-0.1, -0.05) is 12.1 Å². The maximum Gasteiger partial charge on any atom is 0.270 e. The first-order chi connectivity index (χ1) is 10.1. The van der Waals surface area contributed by atoms with Crippen molar-refractivity contribution < 1.29 is 9.90 Å². The molecule has 3 atom stereocenters. The van der Waals surface area contributed by atoms with E-state index in [0.717, 1.165) is 30.3 Å². The maximum absolute atomic E-state index is 12.6. The maximum atomic E-state index is 12.6. The molecule has 0 bridgehead atoms. The Morgan fingerprint density at radius 1 is 1.33 bits per heavy atom. The van der Waals surface area contributed by atoms with Crippen LogP contribution in [-0.4, -0.2) is 40.1 Å². The number of aromatic nitrogens is 1. The van der Waals surface area contributed by atoms with Crippen LogP contribution >= 0.6 is 0 Å². The molecule has 21 heavy (non-hydrogen) atoms. The van der Waals surface area contributed by atoms with E-state index >= 15 is 0 Å². The molecule has 0 spiro atoms. The molecular formula is C16H19N3O2. The topological polar surface area (TPSA) is 82.3 Å². The number of aromatic amines is 1. The van der Waals surface area contributed by atoms with E-state index in [1.54, 1.807) is 0 Å². The number of nitrogens with zero attached hydrogens (tertiary/aromatic N) is 1. The molecule has 0 radical (unpaired) electrons. The van der Waals surface area contributed by atoms with Gasteiger partial charge < -0.3 is 20.7 Å². The molecule has 2 heterocycles. The number of carbonyl (C=O) groups excluding carboxylic acids is 1. The van der Waals surface area contributed by atoms with Gasteiger partial charge in [0.1, 0.15) is 5.69 Å². The number of nitrogens with one attached hydrogen (secondary N) is 1. The Kier molecular flexibility index (Phi) is 2.72. The molecule has 1 aromatic carbocycles. The van der Waals surface area contributed by atoms with Crippen LogP contribution in [0.5, 0.6) is 0 Å². The number of nitrogens with two attached hydrogens (primary N) is 1. The molecule has 1 saturated carbocycles. The Morgan fingerprint density at radius 2 is 2.19 bits per heavy atom. The number of benzene rings is 1. The van der Waals surface area contributed by atoms with Gasteiger partial charge in [0.05, 0.1) is 17.3 Å². The first kappa shape index (κ1) is 12.7. The van der Waals surface area contributed by atoms with E-state index in [9.17, 15) is 9.90 Å². The number of hydrogen-bond acceptors (Lipinski definition) is 3. The molecule has 1 aliphatic carbocycles. The molecule has 2 aliphatic rings. The van der Waals surface area contributed by atoms with Crippen LogP contribution in [-0.2, 0) is 0 Å². The Labute approximate surface area is 122 Å². The highest BCUT2D eigenvalue weighted by molar-refractivity contribution is 6.00. The first-order valence-corrected chi connectivity index (χ1v) is 7.48. The van der Waals surface area contributed by atoms with Crippen molar-refractivity contribution in [3.05, 3.63) is 30.0 Å². The van der Waals surface area contributed by atoms with Crippen LogP contribution in [0.15, 0.2) is 24.3 Å². The number of rotatable bonds is 1. The fourth-order valence-corrected chi connectivity index (χ4v) is 3.87. The minimum absolute atomic E-state index is 0.00667. The average Bonchev–Trinajstić information content (AvgIpc) is 3.14. The quantitative estimate of drug-likeness (QED) is 0.696. The SMILES string of the molecule is Nc1cccc2cc(C(=O)N3CC4CCC(O)C4C3)[nH]c12. The van der Waals surface area contributed by atoms with Gasteiger partial charge in [0.25, 0.3) is 5.91 Å². The zero-order valence-electron chi connectivity index (χ0n) is 11.7. The number of carbonyl (C=O) groups is 1. The molecule has 3 unspecified atom stereocenters. The van der Waals surface area contributed by atoms with Gasteiger partial charge >= 0.3 is 0 Å². The smallest absolute Gasteiger partial charge is 0.270 e. The van der Waals surface area contributed by atoms with Gasteiger partial charge in [-0.15, -0.1) is 0 Å². The zero-order chi connectivity index (χ0) is 14.6. The largest absolute Gasteiger partial charge is 0.397 e. The molecule has 5 nitrogen and oxygen atoms in total. The predicted molar refractivity (Wildman–Crippen MR) is 80.8 cm³/mol. The number of H-pyrrole nitrogens is 1. The number of anilines is 1. The number of para-hydroxylation sites is 1. The van der Waals surface area contributed by atoms with Crippen molar-refractivity contribution in [3.63, 3.8) is 0 Å². The Morgan fingerprint density at radius 3 is 2.95 bits per heavy atom. The van der Waals surface area contributed by atoms with Crippen LogP contribution in [0.1, 0.15) is 23.3 Å². The van der Waals surface area contributed by atoms with E-state index in [2.05, 4.69) is 4.98 Å². The lowest BCUT2D eigenvalue weighted by molar-refractivity contribution is 0.0747. The molecule has 4 rings (SSSR count). The first-order valence-electron chi connectivity index (χ1n) is 7.48. The second-order valence-electron chi connectivity index (χ2n) is 6.27. The minimum Gasteiger partial charge on any atom is -0.397 e. The van der Waals surface area contributed by atoms with Gasteiger partial charge in [0.2, 0.25) is 0 Å². The van der Waals surface area contributed by atoms with Crippen molar-refractivity contribution in [2.75, 3.05) is 18.8 Å². The number of hydrogen-bond donors (Lipinski definition) is 3. The molecule has 110 valence electrons. The molecule has 1 amide bonds. The van der Waals surface area contributed by atoms with Crippen LogP contribution in [0.25, 0.3) is 10.9 Å². The van der Waals surface area contributed by atoms with Crippen LogP contribution in [0.3, 0.4) is 0 Å². The lowest BCUT2D eigenvalue weighted by Gasteiger charge is -2.17. The number of likely N-dealkylation sites (tertiary alicyclic amines) is 1. The second-order valence-corrected chi connectivity index (χ2v) is 6.27. The van der Waals surface area contributed by atoms with Crippen LogP contribution in [0.2, 0.25) is 0 Å². The van der Waals surface area contributed by atoms with E-state index in [4.69, 9.17) is 5.73 Å². The normalized spacial score (nSPS) is 28.2. The highest BCUT2D eigenvalue weighted by Crippen LogP contribution is 2.38. The molecule has 5 heteroatoms. The number of aliphatic hydroxyl groups excluding tert-OH is 1. The number of fused-ring (bicyclic) bond motifs is 2. The third kappa shape index (κ3) is 1.92. The zero-order valence-corrected chi connectivity index (χ0v) is 11.7. The van der Waals surface area contributed by atoms with Crippen molar-refractivity contribution >= 4 is 22.5 Å². The summed E-state index contributed by atoms with van der Waals surface area (Å²) in [5, 5.41) is 10.9. The molecule has 1 aliphatic heterocycles. The van der Waals surface area contributed by atoms with Gasteiger partial charge in [-0.2, -0.15) is 0 Å². The fraction of sp³-hybridized carbons (Fsp3) is 0.438. The number of amides is 1. The van der Waals surface area contributed by atoms with Crippen LogP contribution in [0, 0.1) is 11.8 Å². The third-order valence-electron chi connectivity index (χ3n) is 5.03. The lowest BCUT2D eigenvalue weighted by atomic mass is 10.00. The Balaban J connectivity index is 1.61. The number of nitrogen functional groups attached to an aromatic ring is 1. The number of aliphatic hydroxyl groups is 1. The minimum atomic E-state index is -0.244. The summed E-state index contributed by atoms with van der Waals surface area (Å²) in [6.07, 6.45) is 1.65. The van der Waals surface area contributed by atoms with Gasteiger partial charge in [0.15, 0.2) is 0 Å². The molecular weight excluding hydrogens is 266 g/mol. The summed E-state index contributed by atoms with van der Waals surface area (Å²) in [6, 6.07) is 7.51. The molecule has 2 fully saturated rings. The van der Waals surface area contributed by atoms with Crippen molar-refractivity contribution in [1.82, 2.24) is 9.88 Å². The monoisotopic (exact) mass is 285 g/mol. The van der Waals surface area contributed by atoms with E-state index in [1.807, 2.05) is 29.2 Å². The molecule has 1 aromatic heterocycles. The summed E-state index contributed by atoms with van der Waals surface area (Å²) < 4.78 is 0. The van der Waals surface area contributed by atoms with E-state index < -0.39 is 0 Å². The average molecular weight is 285 g/mol. The van der Waals surface area contributed by atoms with Crippen molar-refractivity contribution in [1.29, 1.82) is 0 Å². The van der Waals surface area contributed by atoms with Crippen molar-refractivity contribution in [2.24, 2.45) is 11.8 Å². The van der Waals surface area contributed by atoms with Crippen molar-refractivity contribution in [3.8, 4) is 0 Å². The summed E-state index contributed by atoms with van der Waals surface area (Å²) in [7, 11) is 0. The Bertz CT molecular complexity index is 709. The highest BCUT2D eigenvalue weighted by atomic mass is 16.3. The fourth-order valence-electron chi connectivity index (χ4n) is 3.87. The van der Waals surface area contributed by atoms with E-state index in [1.165, 1.54) is 0 Å². The van der Waals surface area contributed by atoms with Crippen LogP contribution in [0.4, 0.5) is 5.69 Å². The van der Waals surface area contributed by atoms with Gasteiger partial charge in [0, 0.05) is 24.4 Å². The second kappa shape index (κ2) is 4.49. The highest BCUT2D eigenvalue weighted by Gasteiger charge is 2.43. The lowest BCUT2D eigenvalue weighted by Crippen LogP contribution is -2.31. The van der Waals surface area contributed by atoms with E-state index in [-0.39, 0.29) is 17.9 Å². The van der Waals surface area contributed by atoms with Gasteiger partial charge in [-0.25, -0.2) is 0 Å². The van der Waals surface area contributed by atoms with Gasteiger partial charge in [-0.3, -0.25) is 4.79 Å². The van der Waals surface area contributed by atoms with Gasteiger partial charge in [-0.05, 0) is 30.9 Å². The third-order valence-corrected chi connectivity index (χ3v) is 5.03. The molecule has 2 aromatic rings. The molecule has 4 N–H and O–H groups in total. The Hall–Kier alpha value is -2.01. The molecule has 1 saturated heterocycles. The standard InChI is InChI=1S/C16H19N3O2/c17-12-3-1-2-9-6-13(18-15(9)12)16(21)19-7-10-4-5-14(20)11(10)8-19/h1-3,6,10-11,14,18,20H,4-5,7-8,17H2. The summed E-state index contributed by atoms with van der Waals surface area (Å²) >= 11 is 0. The summed E-state index contributed by atoms with van der Waals surface area (Å²) in [4.78, 5) is 17.6. The summed E-state index contributed by atoms with van der Waals surface area (Å²) in [5.41, 5.74) is 7.98. The van der Waals surface area contributed by atoms with Crippen molar-refractivity contribution in [2.45, 2.75) is 18.9 Å². The van der Waals surface area contributed by atoms with Crippen LogP contribution < -0.4 is 5.73 Å². The predicted octanol–water partition coefficient (Wildman–Crippen LogP) is 1.59. The summed E-state index contributed by atoms with van der Waals surface area (Å²) in [5.74, 6) is 0.717. The van der Waals surface area contributed by atoms with E-state index in [0.29, 0.717) is 23.8 Å².